The zero-order valence-electron chi connectivity index (χ0n) is 41.6. The molecule has 0 heterocycles. The molecule has 0 aliphatic heterocycles. The Hall–Kier alpha value is -9.41. The molecule has 0 bridgehead atoms. The topological polar surface area (TPSA) is 140 Å². The van der Waals surface area contributed by atoms with E-state index in [1.165, 1.54) is 18.2 Å². The first-order valence-electron chi connectivity index (χ1n) is 25.0. The Morgan fingerprint density at radius 3 is 1.48 bits per heavy atom. The van der Waals surface area contributed by atoms with Crippen molar-refractivity contribution >= 4 is 94.6 Å². The Bertz CT molecular complexity index is 3810. The summed E-state index contributed by atoms with van der Waals surface area (Å²) in [5.41, 5.74) is 2.33. The van der Waals surface area contributed by atoms with Gasteiger partial charge >= 0.3 is 5.97 Å². The number of Topliss-reactive ketones (excluding diaryl/α,β-unsaturated/α-hetero) is 1. The first-order chi connectivity index (χ1) is 36.4. The van der Waals surface area contributed by atoms with Gasteiger partial charge in [-0.1, -0.05) is 116 Å². The Kier molecular flexibility index (Phi) is 12.5. The van der Waals surface area contributed by atoms with Gasteiger partial charge in [-0.3, -0.25) is 9.59 Å². The summed E-state index contributed by atoms with van der Waals surface area (Å²) in [7, 11) is 0. The zero-order valence-corrected chi connectivity index (χ0v) is 41.6. The van der Waals surface area contributed by atoms with Crippen LogP contribution in [0.4, 0.5) is 28.4 Å². The van der Waals surface area contributed by atoms with Crippen LogP contribution in [0.1, 0.15) is 39.2 Å². The number of ketones is 1. The number of hydrogen-bond acceptors (Lipinski definition) is 9. The molecule has 2 aliphatic rings. The van der Waals surface area contributed by atoms with Gasteiger partial charge in [0.15, 0.2) is 0 Å². The van der Waals surface area contributed by atoms with Crippen molar-refractivity contribution in [1.82, 2.24) is 4.58 Å². The molecule has 2 aliphatic carbocycles. The van der Waals surface area contributed by atoms with E-state index >= 15 is 0 Å². The van der Waals surface area contributed by atoms with E-state index in [2.05, 4.69) is 12.1 Å². The minimum atomic E-state index is -0.740. The lowest BCUT2D eigenvalue weighted by atomic mass is 9.78. The first-order valence-corrected chi connectivity index (χ1v) is 25.0. The van der Waals surface area contributed by atoms with Gasteiger partial charge < -0.3 is 34.8 Å². The number of carbonyl (C=O) groups is 2. The number of benzene rings is 9. The first kappa shape index (κ1) is 47.9. The minimum absolute atomic E-state index is 0.00837. The van der Waals surface area contributed by atoms with E-state index in [-0.39, 0.29) is 59.4 Å². The molecule has 75 heavy (non-hydrogen) atoms. The second-order valence-corrected chi connectivity index (χ2v) is 19.5. The van der Waals surface area contributed by atoms with Crippen LogP contribution in [-0.2, 0) is 19.1 Å². The number of anilines is 3. The molecule has 0 spiro atoms. The highest BCUT2D eigenvalue weighted by molar-refractivity contribution is 6.40. The molecule has 0 unspecified atom stereocenters. The van der Waals surface area contributed by atoms with Crippen molar-refractivity contribution in [1.29, 1.82) is 0 Å². The molecule has 0 aromatic heterocycles. The summed E-state index contributed by atoms with van der Waals surface area (Å²) in [4.78, 5) is 29.4. The summed E-state index contributed by atoms with van der Waals surface area (Å²) < 4.78 is 14.0. The van der Waals surface area contributed by atoms with Gasteiger partial charge in [-0.05, 0) is 99.8 Å². The van der Waals surface area contributed by atoms with Gasteiger partial charge in [0.05, 0.1) is 58.8 Å². The van der Waals surface area contributed by atoms with E-state index in [0.29, 0.717) is 17.8 Å². The predicted molar refractivity (Wildman–Crippen MR) is 300 cm³/mol. The number of phenols is 2. The molecule has 9 aromatic rings. The summed E-state index contributed by atoms with van der Waals surface area (Å²) in [5.74, 6) is -2.84. The van der Waals surface area contributed by atoms with Crippen molar-refractivity contribution in [2.75, 3.05) is 18.1 Å². The molecule has 11 rings (SSSR count). The summed E-state index contributed by atoms with van der Waals surface area (Å²) >= 11 is 0. The van der Waals surface area contributed by atoms with Gasteiger partial charge in [-0.25, -0.2) is 0 Å². The molecule has 370 valence electrons. The van der Waals surface area contributed by atoms with Crippen molar-refractivity contribution in [2.24, 2.45) is 5.41 Å². The third-order valence-electron chi connectivity index (χ3n) is 14.3. The molecular weight excluding hydrogens is 937 g/mol. The number of aromatic hydroxyl groups is 2. The molecule has 10 nitrogen and oxygen atoms in total. The van der Waals surface area contributed by atoms with Gasteiger partial charge in [-0.2, -0.15) is 4.58 Å². The van der Waals surface area contributed by atoms with Gasteiger partial charge in [0.25, 0.3) is 0 Å². The maximum Gasteiger partial charge on any atom is 0.311 e. The fraction of sp³-hybridized carbons (Fsp3) is 0.123. The highest BCUT2D eigenvalue weighted by atomic mass is 16.5. The van der Waals surface area contributed by atoms with E-state index in [4.69, 9.17) is 9.47 Å². The lowest BCUT2D eigenvalue weighted by Gasteiger charge is -2.29. The van der Waals surface area contributed by atoms with Gasteiger partial charge in [0, 0.05) is 54.2 Å². The van der Waals surface area contributed by atoms with Crippen molar-refractivity contribution in [3.05, 3.63) is 228 Å². The molecule has 4 N–H and O–H groups in total. The second-order valence-electron chi connectivity index (χ2n) is 19.5. The fourth-order valence-corrected chi connectivity index (χ4v) is 9.83. The standard InChI is InChI=1S/C65H52N2O8/c1-4-65(2,3)64(73)75-31-13-30-74-57-39-53(67(50-28-24-42-16-7-11-20-46(42)34-50)51-29-25-43-17-8-12-21-47(43)35-51)38-56(70)59(57)61-62(71)60(63(61)72)58-54(68)36-52(37-55(58)69)66(48-26-22-40-14-5-9-18-44(40)32-48)49-27-23-41-15-6-10-19-45(41)33-49/h5-12,14-29,32-39H,4,13,30-31H2,1-3H3,(H3,68,69,70,71,72)/p+1. The monoisotopic (exact) mass is 989 g/mol. The number of phenolic OH excluding ortho intramolecular Hbond substituents is 2. The molecule has 0 saturated heterocycles. The maximum absolute atomic E-state index is 14.7. The summed E-state index contributed by atoms with van der Waals surface area (Å²) in [6.07, 6.45) is 4.09. The largest absolute Gasteiger partial charge is 0.507 e. The van der Waals surface area contributed by atoms with Crippen LogP contribution in [0, 0.1) is 5.41 Å². The maximum atomic E-state index is 14.7. The van der Waals surface area contributed by atoms with Crippen molar-refractivity contribution in [3.8, 4) is 11.5 Å². The van der Waals surface area contributed by atoms with Crippen molar-refractivity contribution in [2.45, 2.75) is 33.6 Å². The lowest BCUT2D eigenvalue weighted by molar-refractivity contribution is -0.154. The van der Waals surface area contributed by atoms with Crippen LogP contribution in [0.15, 0.2) is 223 Å². The molecule has 0 atom stereocenters. The van der Waals surface area contributed by atoms with Crippen LogP contribution in [-0.4, -0.2) is 51.1 Å². The van der Waals surface area contributed by atoms with Gasteiger partial charge in [0.1, 0.15) is 28.8 Å². The predicted octanol–water partition coefficient (Wildman–Crippen LogP) is 15.0. The molecular formula is C65H53N2O8+. The summed E-state index contributed by atoms with van der Waals surface area (Å²) in [6, 6.07) is 59.0. The molecule has 0 saturated carbocycles. The van der Waals surface area contributed by atoms with E-state index in [1.807, 2.05) is 188 Å². The number of esters is 1. The SMILES string of the molecule is CCC(C)(C)C(=O)OCCCOC1=CC(=[N+](c2ccc3ccccc3c2)c2ccc3ccccc3c2)C=C(O)/C1=C1\C(=O)C(c2c(O)cc(N(c3ccc4ccccc4c3)c3ccc4ccccc4c3)cc2O)=C1O. The van der Waals surface area contributed by atoms with E-state index < -0.39 is 28.5 Å². The number of rotatable bonds is 13. The van der Waals surface area contributed by atoms with E-state index in [1.54, 1.807) is 6.08 Å². The number of allylic oxidation sites excluding steroid dienone is 4. The zero-order chi connectivity index (χ0) is 52.0. The summed E-state index contributed by atoms with van der Waals surface area (Å²) in [5, 5.41) is 56.2. The fourth-order valence-electron chi connectivity index (χ4n) is 9.83. The average Bonchev–Trinajstić information content (AvgIpc) is 3.43. The minimum Gasteiger partial charge on any atom is -0.507 e. The smallest absolute Gasteiger partial charge is 0.311 e. The third kappa shape index (κ3) is 9.01. The van der Waals surface area contributed by atoms with Crippen LogP contribution in [0.5, 0.6) is 11.5 Å². The molecule has 9 aromatic carbocycles. The number of fused-ring (bicyclic) bond motifs is 4. The Morgan fingerprint density at radius 2 is 1.00 bits per heavy atom. The van der Waals surface area contributed by atoms with Crippen LogP contribution >= 0.6 is 0 Å². The van der Waals surface area contributed by atoms with Crippen LogP contribution in [0.25, 0.3) is 48.7 Å². The highest BCUT2D eigenvalue weighted by Crippen LogP contribution is 2.50. The Labute approximate surface area is 433 Å². The van der Waals surface area contributed by atoms with E-state index in [0.717, 1.165) is 65.8 Å². The van der Waals surface area contributed by atoms with Crippen molar-refractivity contribution < 1.29 is 39.5 Å². The number of nitrogens with zero attached hydrogens (tertiary/aromatic N) is 2. The molecule has 0 amide bonds. The van der Waals surface area contributed by atoms with Crippen LogP contribution in [0.3, 0.4) is 0 Å². The normalized spacial score (nSPS) is 14.8. The molecule has 0 radical (unpaired) electrons. The highest BCUT2D eigenvalue weighted by Gasteiger charge is 2.43. The van der Waals surface area contributed by atoms with Crippen LogP contribution < -0.4 is 9.48 Å². The Balaban J connectivity index is 1.02. The Morgan fingerprint density at radius 1 is 0.533 bits per heavy atom. The van der Waals surface area contributed by atoms with Crippen molar-refractivity contribution in [3.63, 3.8) is 0 Å². The van der Waals surface area contributed by atoms with Gasteiger partial charge in [0.2, 0.25) is 22.9 Å². The molecule has 0 fully saturated rings. The number of ether oxygens (including phenoxy) is 2. The van der Waals surface area contributed by atoms with E-state index in [9.17, 15) is 30.0 Å². The number of aliphatic hydroxyl groups excluding tert-OH is 2. The quantitative estimate of drug-likeness (QED) is 0.0385. The second kappa shape index (κ2) is 19.5. The number of hydrogen-bond donors (Lipinski definition) is 4. The number of carbonyl (C=O) groups excluding carboxylic acids is 2. The number of aliphatic hydroxyl groups is 2. The third-order valence-corrected chi connectivity index (χ3v) is 14.3. The molecule has 10 heteroatoms. The average molecular weight is 990 g/mol. The van der Waals surface area contributed by atoms with Crippen LogP contribution in [0.2, 0.25) is 0 Å². The summed E-state index contributed by atoms with van der Waals surface area (Å²) in [6.45, 7) is 5.64. The van der Waals surface area contributed by atoms with Gasteiger partial charge in [-0.15, -0.1) is 0 Å². The lowest BCUT2D eigenvalue weighted by Crippen LogP contribution is -2.27.